The Balaban J connectivity index is 1.55. The Morgan fingerprint density at radius 1 is 1.07 bits per heavy atom. The molecule has 5 nitrogen and oxygen atoms in total. The third kappa shape index (κ3) is 3.31. The first-order valence-electron chi connectivity index (χ1n) is 10.1. The number of Topliss-reactive ketones (excluding diaryl/α,β-unsaturated/α-hetero) is 1. The number of hydrogen-bond donors (Lipinski definition) is 0. The molecule has 2 aliphatic heterocycles. The maximum absolute atomic E-state index is 12.6. The highest BCUT2D eigenvalue weighted by atomic mass is 16.5. The largest absolute Gasteiger partial charge is 0.494 e. The van der Waals surface area contributed by atoms with Crippen molar-refractivity contribution in [1.82, 2.24) is 4.90 Å². The van der Waals surface area contributed by atoms with Crippen molar-refractivity contribution in [2.45, 2.75) is 39.2 Å². The summed E-state index contributed by atoms with van der Waals surface area (Å²) < 4.78 is 5.54. The minimum Gasteiger partial charge on any atom is -0.494 e. The maximum Gasteiger partial charge on any atom is 0.300 e. The topological polar surface area (TPSA) is 49.9 Å². The van der Waals surface area contributed by atoms with Gasteiger partial charge in [-0.1, -0.05) is 25.1 Å². The number of benzene rings is 2. The van der Waals surface area contributed by atoms with Gasteiger partial charge in [0, 0.05) is 12.6 Å². The van der Waals surface area contributed by atoms with Gasteiger partial charge in [0.1, 0.15) is 5.75 Å². The number of aryl methyl sites for hydroxylation is 1. The molecule has 5 heteroatoms. The van der Waals surface area contributed by atoms with Crippen LogP contribution in [0.1, 0.15) is 54.2 Å². The van der Waals surface area contributed by atoms with Crippen molar-refractivity contribution < 1.29 is 14.3 Å². The van der Waals surface area contributed by atoms with Gasteiger partial charge in [-0.05, 0) is 61.6 Å². The molecule has 0 unspecified atom stereocenters. The second-order valence-electron chi connectivity index (χ2n) is 7.38. The van der Waals surface area contributed by atoms with Crippen molar-refractivity contribution in [2.75, 3.05) is 24.7 Å². The number of amides is 1. The van der Waals surface area contributed by atoms with Crippen molar-refractivity contribution in [1.29, 1.82) is 0 Å². The van der Waals surface area contributed by atoms with Gasteiger partial charge in [0.05, 0.1) is 24.5 Å². The quantitative estimate of drug-likeness (QED) is 0.714. The predicted octanol–water partition coefficient (Wildman–Crippen LogP) is 3.97. The number of ketones is 1. The number of carbonyl (C=O) groups is 2. The molecule has 2 aromatic rings. The van der Waals surface area contributed by atoms with Gasteiger partial charge in [-0.3, -0.25) is 19.4 Å². The van der Waals surface area contributed by atoms with Gasteiger partial charge < -0.3 is 4.74 Å². The zero-order chi connectivity index (χ0) is 19.7. The molecule has 28 heavy (non-hydrogen) atoms. The van der Waals surface area contributed by atoms with E-state index in [0.717, 1.165) is 42.8 Å². The van der Waals surface area contributed by atoms with Crippen LogP contribution in [0.5, 0.6) is 5.75 Å². The number of rotatable bonds is 6. The van der Waals surface area contributed by atoms with Crippen molar-refractivity contribution >= 4 is 17.4 Å². The number of carbonyl (C=O) groups excluding carboxylic acids is 2. The van der Waals surface area contributed by atoms with E-state index in [1.165, 1.54) is 5.56 Å². The third-order valence-electron chi connectivity index (χ3n) is 5.71. The molecule has 0 N–H and O–H groups in total. The third-order valence-corrected chi connectivity index (χ3v) is 5.71. The minimum absolute atomic E-state index is 0.248. The molecule has 2 aromatic carbocycles. The molecule has 1 atom stereocenters. The molecule has 146 valence electrons. The lowest BCUT2D eigenvalue weighted by Gasteiger charge is -2.29. The lowest BCUT2D eigenvalue weighted by atomic mass is 10.0. The molecule has 0 spiro atoms. The molecular formula is C23H26N2O3. The molecule has 1 amide bonds. The highest BCUT2D eigenvalue weighted by molar-refractivity contribution is 6.52. The van der Waals surface area contributed by atoms with Crippen molar-refractivity contribution in [3.63, 3.8) is 0 Å². The fourth-order valence-electron chi connectivity index (χ4n) is 4.22. The van der Waals surface area contributed by atoms with Gasteiger partial charge in [0.25, 0.3) is 5.78 Å². The minimum atomic E-state index is -0.416. The van der Waals surface area contributed by atoms with E-state index >= 15 is 0 Å². The van der Waals surface area contributed by atoms with Crippen molar-refractivity contribution in [3.8, 4) is 5.75 Å². The van der Waals surface area contributed by atoms with Crippen LogP contribution in [0, 0.1) is 0 Å². The Labute approximate surface area is 165 Å². The molecule has 0 aromatic heterocycles. The van der Waals surface area contributed by atoms with E-state index in [4.69, 9.17) is 4.74 Å². The Morgan fingerprint density at radius 2 is 1.86 bits per heavy atom. The summed E-state index contributed by atoms with van der Waals surface area (Å²) in [5.41, 5.74) is 3.58. The molecule has 1 saturated heterocycles. The lowest BCUT2D eigenvalue weighted by Crippen LogP contribution is -2.40. The Hall–Kier alpha value is -2.66. The zero-order valence-electron chi connectivity index (χ0n) is 16.5. The number of anilines is 1. The fraction of sp³-hybridized carbons (Fsp3) is 0.391. The average molecular weight is 378 g/mol. The van der Waals surface area contributed by atoms with Crippen molar-refractivity contribution in [3.05, 3.63) is 59.2 Å². The molecular weight excluding hydrogens is 352 g/mol. The van der Waals surface area contributed by atoms with Gasteiger partial charge >= 0.3 is 5.91 Å². The normalized spacial score (nSPS) is 19.4. The lowest BCUT2D eigenvalue weighted by molar-refractivity contribution is -0.114. The Morgan fingerprint density at radius 3 is 2.57 bits per heavy atom. The second kappa shape index (κ2) is 7.76. The van der Waals surface area contributed by atoms with Crippen LogP contribution in [0.2, 0.25) is 0 Å². The summed E-state index contributed by atoms with van der Waals surface area (Å²) in [4.78, 5) is 29.1. The van der Waals surface area contributed by atoms with Gasteiger partial charge in [-0.25, -0.2) is 0 Å². The molecule has 4 rings (SSSR count). The predicted molar refractivity (Wildman–Crippen MR) is 109 cm³/mol. The molecule has 2 aliphatic rings. The van der Waals surface area contributed by atoms with Crippen LogP contribution in [-0.4, -0.2) is 36.4 Å². The second-order valence-corrected chi connectivity index (χ2v) is 7.38. The van der Waals surface area contributed by atoms with E-state index in [1.54, 1.807) is 4.90 Å². The molecule has 0 radical (unpaired) electrons. The van der Waals surface area contributed by atoms with Crippen molar-refractivity contribution in [2.24, 2.45) is 0 Å². The molecule has 1 fully saturated rings. The standard InChI is InChI=1S/C23H26N2O3/c1-3-16-7-12-21-19(14-16)22(26)23(27)25(21)15-24-13-5-6-20(24)17-8-10-18(11-9-17)28-4-2/h7-12,14,20H,3-6,13,15H2,1-2H3/t20-/m0/s1. The van der Waals surface area contributed by atoms with Crippen LogP contribution in [0.3, 0.4) is 0 Å². The van der Waals surface area contributed by atoms with E-state index < -0.39 is 5.91 Å². The number of ether oxygens (including phenoxy) is 1. The van der Waals surface area contributed by atoms with Crippen LogP contribution in [0.25, 0.3) is 0 Å². The summed E-state index contributed by atoms with van der Waals surface area (Å²) in [7, 11) is 0. The van der Waals surface area contributed by atoms with Crippen LogP contribution in [0.15, 0.2) is 42.5 Å². The molecule has 0 saturated carbocycles. The van der Waals surface area contributed by atoms with E-state index in [9.17, 15) is 9.59 Å². The summed E-state index contributed by atoms with van der Waals surface area (Å²) in [5.74, 6) is 0.0690. The summed E-state index contributed by atoms with van der Waals surface area (Å²) in [5, 5.41) is 0. The van der Waals surface area contributed by atoms with E-state index in [2.05, 4.69) is 17.0 Å². The average Bonchev–Trinajstić information content (AvgIpc) is 3.27. The Bertz CT molecular complexity index is 891. The molecule has 2 heterocycles. The first-order valence-corrected chi connectivity index (χ1v) is 10.1. The van der Waals surface area contributed by atoms with Gasteiger partial charge in [-0.15, -0.1) is 0 Å². The van der Waals surface area contributed by atoms with E-state index in [1.807, 2.05) is 44.2 Å². The zero-order valence-corrected chi connectivity index (χ0v) is 16.5. The van der Waals surface area contributed by atoms with Crippen LogP contribution in [0.4, 0.5) is 5.69 Å². The monoisotopic (exact) mass is 378 g/mol. The molecule has 0 aliphatic carbocycles. The number of fused-ring (bicyclic) bond motifs is 1. The summed E-state index contributed by atoms with van der Waals surface area (Å²) >= 11 is 0. The number of likely N-dealkylation sites (tertiary alicyclic amines) is 1. The van der Waals surface area contributed by atoms with Crippen LogP contribution < -0.4 is 9.64 Å². The highest BCUT2D eigenvalue weighted by Gasteiger charge is 2.38. The Kier molecular flexibility index (Phi) is 5.18. The van der Waals surface area contributed by atoms with E-state index in [-0.39, 0.29) is 11.8 Å². The van der Waals surface area contributed by atoms with E-state index in [0.29, 0.717) is 18.8 Å². The SMILES string of the molecule is CCOc1ccc([C@@H]2CCCN2CN2C(=O)C(=O)c3cc(CC)ccc32)cc1. The summed E-state index contributed by atoms with van der Waals surface area (Å²) in [6, 6.07) is 14.2. The highest BCUT2D eigenvalue weighted by Crippen LogP contribution is 2.36. The summed E-state index contributed by atoms with van der Waals surface area (Å²) in [6.07, 6.45) is 2.97. The molecule has 0 bridgehead atoms. The van der Waals surface area contributed by atoms with Gasteiger partial charge in [0.2, 0.25) is 0 Å². The smallest absolute Gasteiger partial charge is 0.300 e. The van der Waals surface area contributed by atoms with Crippen LogP contribution >= 0.6 is 0 Å². The van der Waals surface area contributed by atoms with Gasteiger partial charge in [0.15, 0.2) is 0 Å². The van der Waals surface area contributed by atoms with Crippen LogP contribution in [-0.2, 0) is 11.2 Å². The number of hydrogen-bond acceptors (Lipinski definition) is 4. The fourth-order valence-corrected chi connectivity index (χ4v) is 4.22. The van der Waals surface area contributed by atoms with Gasteiger partial charge in [-0.2, -0.15) is 0 Å². The summed E-state index contributed by atoms with van der Waals surface area (Å²) in [6.45, 7) is 6.03. The first kappa shape index (κ1) is 18.7. The first-order chi connectivity index (χ1) is 13.6. The maximum atomic E-state index is 12.6. The number of nitrogens with zero attached hydrogens (tertiary/aromatic N) is 2.